The number of thioether (sulfide) groups is 1. The first-order valence-corrected chi connectivity index (χ1v) is 10.3. The zero-order valence-corrected chi connectivity index (χ0v) is 15.9. The van der Waals surface area contributed by atoms with Crippen LogP contribution in [0.25, 0.3) is 11.3 Å². The third-order valence-corrected chi connectivity index (χ3v) is 6.64. The monoisotopic (exact) mass is 364 g/mol. The molecule has 0 radical (unpaired) electrons. The molecule has 1 heterocycles. The average molecular weight is 365 g/mol. The van der Waals surface area contributed by atoms with Crippen molar-refractivity contribution in [1.29, 1.82) is 0 Å². The first kappa shape index (κ1) is 17.3. The van der Waals surface area contributed by atoms with Gasteiger partial charge in [-0.3, -0.25) is 9.36 Å². The molecule has 0 atom stereocenters. The largest absolute Gasteiger partial charge is 0.283 e. The van der Waals surface area contributed by atoms with E-state index in [9.17, 15) is 4.79 Å². The maximum Gasteiger partial charge on any atom is 0.258 e. The summed E-state index contributed by atoms with van der Waals surface area (Å²) in [4.78, 5) is 18.6. The Morgan fingerprint density at radius 2 is 1.96 bits per heavy atom. The van der Waals surface area contributed by atoms with E-state index < -0.39 is 0 Å². The molecular weight excluding hydrogens is 340 g/mol. The fourth-order valence-electron chi connectivity index (χ4n) is 4.58. The van der Waals surface area contributed by atoms with Gasteiger partial charge in [-0.15, -0.1) is 13.2 Å². The van der Waals surface area contributed by atoms with E-state index in [-0.39, 0.29) is 11.0 Å². The van der Waals surface area contributed by atoms with Crippen LogP contribution in [0, 0.1) is 0 Å². The summed E-state index contributed by atoms with van der Waals surface area (Å²) < 4.78 is 1.80. The number of aromatic nitrogens is 2. The van der Waals surface area contributed by atoms with Crippen LogP contribution in [0.2, 0.25) is 0 Å². The molecule has 26 heavy (non-hydrogen) atoms. The van der Waals surface area contributed by atoms with Gasteiger partial charge < -0.3 is 0 Å². The molecule has 1 aromatic heterocycles. The molecule has 0 unspecified atom stereocenters. The molecule has 3 nitrogen and oxygen atoms in total. The fourth-order valence-corrected chi connectivity index (χ4v) is 5.31. The average Bonchev–Trinajstić information content (AvgIpc) is 3.11. The van der Waals surface area contributed by atoms with Gasteiger partial charge in [0.25, 0.3) is 5.56 Å². The van der Waals surface area contributed by atoms with Crippen LogP contribution in [0.1, 0.15) is 36.8 Å². The Kier molecular flexibility index (Phi) is 4.62. The van der Waals surface area contributed by atoms with Crippen LogP contribution in [0.5, 0.6) is 0 Å². The van der Waals surface area contributed by atoms with Crippen LogP contribution in [0.3, 0.4) is 0 Å². The molecule has 134 valence electrons. The van der Waals surface area contributed by atoms with Gasteiger partial charge in [-0.05, 0) is 24.8 Å². The second kappa shape index (κ2) is 6.92. The van der Waals surface area contributed by atoms with E-state index in [2.05, 4.69) is 31.4 Å². The Bertz CT molecular complexity index is 922. The van der Waals surface area contributed by atoms with Crippen LogP contribution in [0.4, 0.5) is 0 Å². The van der Waals surface area contributed by atoms with E-state index in [0.29, 0.717) is 6.54 Å². The minimum atomic E-state index is -0.0433. The second-order valence-electron chi connectivity index (χ2n) is 7.24. The molecule has 1 spiro atoms. The Balaban J connectivity index is 2.01. The lowest BCUT2D eigenvalue weighted by Crippen LogP contribution is -2.40. The molecule has 1 saturated carbocycles. The summed E-state index contributed by atoms with van der Waals surface area (Å²) in [5.41, 5.74) is 4.39. The van der Waals surface area contributed by atoms with Gasteiger partial charge in [0.2, 0.25) is 0 Å². The predicted octanol–water partition coefficient (Wildman–Crippen LogP) is 4.74. The third kappa shape index (κ3) is 2.67. The lowest BCUT2D eigenvalue weighted by atomic mass is 9.68. The predicted molar refractivity (Wildman–Crippen MR) is 109 cm³/mol. The SMILES string of the molecule is C=CCSc1nc2c(c(=O)n1CC=C)C1(CCCC1)Cc1ccccc1-2. The standard InChI is InChI=1S/C22H24N2OS/c1-3-13-24-20(25)18-19(23-21(24)26-14-4-2)17-10-6-5-9-16(17)15-22(18)11-7-8-12-22/h3-6,9-10H,1-2,7-8,11-15H2. The van der Waals surface area contributed by atoms with Gasteiger partial charge in [0, 0.05) is 23.3 Å². The van der Waals surface area contributed by atoms with Crippen molar-refractivity contribution in [3.63, 3.8) is 0 Å². The number of fused-ring (bicyclic) bond motifs is 4. The van der Waals surface area contributed by atoms with Crippen LogP contribution in [0.15, 0.2) is 59.5 Å². The maximum atomic E-state index is 13.6. The van der Waals surface area contributed by atoms with Gasteiger partial charge in [-0.1, -0.05) is 61.0 Å². The molecule has 2 aromatic rings. The van der Waals surface area contributed by atoms with Crippen molar-refractivity contribution in [3.8, 4) is 11.3 Å². The van der Waals surface area contributed by atoms with E-state index in [4.69, 9.17) is 4.98 Å². The van der Waals surface area contributed by atoms with Gasteiger partial charge in [-0.2, -0.15) is 0 Å². The third-order valence-electron chi connectivity index (χ3n) is 5.67. The minimum Gasteiger partial charge on any atom is -0.283 e. The van der Waals surface area contributed by atoms with Crippen LogP contribution in [-0.2, 0) is 18.4 Å². The van der Waals surface area contributed by atoms with Crippen LogP contribution >= 0.6 is 11.8 Å². The van der Waals surface area contributed by atoms with Crippen molar-refractivity contribution < 1.29 is 0 Å². The number of nitrogens with zero attached hydrogens (tertiary/aromatic N) is 2. The highest BCUT2D eigenvalue weighted by atomic mass is 32.2. The van der Waals surface area contributed by atoms with Gasteiger partial charge in [-0.25, -0.2) is 4.98 Å². The molecule has 1 fully saturated rings. The van der Waals surface area contributed by atoms with Gasteiger partial charge in [0.15, 0.2) is 5.16 Å². The van der Waals surface area contributed by atoms with Crippen molar-refractivity contribution in [2.24, 2.45) is 0 Å². The van der Waals surface area contributed by atoms with Gasteiger partial charge in [0.1, 0.15) is 0 Å². The van der Waals surface area contributed by atoms with Crippen molar-refractivity contribution in [1.82, 2.24) is 9.55 Å². The molecular formula is C22H24N2OS. The first-order valence-electron chi connectivity index (χ1n) is 9.28. The molecule has 0 bridgehead atoms. The molecule has 0 N–H and O–H groups in total. The molecule has 0 aliphatic heterocycles. The van der Waals surface area contributed by atoms with E-state index in [1.165, 1.54) is 18.4 Å². The second-order valence-corrected chi connectivity index (χ2v) is 8.23. The van der Waals surface area contributed by atoms with E-state index in [0.717, 1.165) is 47.0 Å². The summed E-state index contributed by atoms with van der Waals surface area (Å²) in [6, 6.07) is 8.45. The molecule has 0 saturated heterocycles. The zero-order valence-electron chi connectivity index (χ0n) is 15.0. The maximum absolute atomic E-state index is 13.6. The summed E-state index contributed by atoms with van der Waals surface area (Å²) in [6.07, 6.45) is 9.13. The fraction of sp³-hybridized carbons (Fsp3) is 0.364. The molecule has 4 heteroatoms. The highest BCUT2D eigenvalue weighted by molar-refractivity contribution is 7.99. The van der Waals surface area contributed by atoms with Crippen molar-refractivity contribution in [3.05, 3.63) is 71.1 Å². The number of hydrogen-bond donors (Lipinski definition) is 0. The lowest BCUT2D eigenvalue weighted by molar-refractivity contribution is 0.418. The van der Waals surface area contributed by atoms with E-state index in [1.807, 2.05) is 12.1 Å². The summed E-state index contributed by atoms with van der Waals surface area (Å²) in [5.74, 6) is 0.731. The van der Waals surface area contributed by atoms with E-state index >= 15 is 0 Å². The van der Waals surface area contributed by atoms with Crippen molar-refractivity contribution >= 4 is 11.8 Å². The van der Waals surface area contributed by atoms with Crippen LogP contribution in [-0.4, -0.2) is 15.3 Å². The molecule has 0 amide bonds. The minimum absolute atomic E-state index is 0.0433. The lowest BCUT2D eigenvalue weighted by Gasteiger charge is -2.36. The Hall–Kier alpha value is -2.07. The number of allylic oxidation sites excluding steroid dienone is 1. The topological polar surface area (TPSA) is 34.9 Å². The Labute approximate surface area is 158 Å². The van der Waals surface area contributed by atoms with Crippen molar-refractivity contribution in [2.75, 3.05) is 5.75 Å². The number of hydrogen-bond acceptors (Lipinski definition) is 3. The highest BCUT2D eigenvalue weighted by Crippen LogP contribution is 2.49. The summed E-state index contributed by atoms with van der Waals surface area (Å²) >= 11 is 1.57. The molecule has 1 aromatic carbocycles. The quantitative estimate of drug-likeness (QED) is 0.436. The molecule has 4 rings (SSSR count). The highest BCUT2D eigenvalue weighted by Gasteiger charge is 2.44. The number of rotatable bonds is 5. The normalized spacial score (nSPS) is 16.9. The first-order chi connectivity index (χ1) is 12.7. The summed E-state index contributed by atoms with van der Waals surface area (Å²) in [7, 11) is 0. The van der Waals surface area contributed by atoms with Crippen molar-refractivity contribution in [2.45, 2.75) is 49.2 Å². The van der Waals surface area contributed by atoms with Gasteiger partial charge in [0.05, 0.1) is 11.3 Å². The van der Waals surface area contributed by atoms with Crippen LogP contribution < -0.4 is 5.56 Å². The Morgan fingerprint density at radius 1 is 1.19 bits per heavy atom. The molecule has 2 aliphatic rings. The summed E-state index contributed by atoms with van der Waals surface area (Å²) in [5, 5.41) is 0.762. The smallest absolute Gasteiger partial charge is 0.258 e. The Morgan fingerprint density at radius 3 is 2.69 bits per heavy atom. The zero-order chi connectivity index (χ0) is 18.1. The molecule has 2 aliphatic carbocycles. The summed E-state index contributed by atoms with van der Waals surface area (Å²) in [6.45, 7) is 8.13. The van der Waals surface area contributed by atoms with Gasteiger partial charge >= 0.3 is 0 Å². The van der Waals surface area contributed by atoms with E-state index in [1.54, 1.807) is 22.4 Å². The number of benzene rings is 1.